The van der Waals surface area contributed by atoms with Gasteiger partial charge in [-0.2, -0.15) is 0 Å². The third kappa shape index (κ3) is 7.54. The molecule has 146 valence electrons. The third-order valence-electron chi connectivity index (χ3n) is 2.98. The monoisotopic (exact) mass is 369 g/mol. The maximum absolute atomic E-state index is 12.1. The minimum Gasteiger partial charge on any atom is -0.480 e. The van der Waals surface area contributed by atoms with E-state index in [2.05, 4.69) is 10.3 Å². The van der Waals surface area contributed by atoms with Gasteiger partial charge in [-0.15, -0.1) is 0 Å². The minimum atomic E-state index is -1.20. The first-order chi connectivity index (χ1) is 11.8. The molecule has 1 amide bonds. The van der Waals surface area contributed by atoms with E-state index in [0.717, 1.165) is 0 Å². The molecule has 1 aromatic heterocycles. The molecule has 0 bridgehead atoms. The number of hydrogen-bond acceptors (Lipinski definition) is 6. The van der Waals surface area contributed by atoms with E-state index in [4.69, 9.17) is 9.47 Å². The van der Waals surface area contributed by atoms with E-state index < -0.39 is 35.4 Å². The number of aliphatic carboxylic acids is 1. The smallest absolute Gasteiger partial charge is 0.420 e. The lowest BCUT2D eigenvalue weighted by atomic mass is 10.1. The van der Waals surface area contributed by atoms with Gasteiger partial charge in [-0.1, -0.05) is 0 Å². The van der Waals surface area contributed by atoms with Crippen LogP contribution in [0.4, 0.5) is 9.59 Å². The number of hydrogen-bond donors (Lipinski definition) is 2. The SMILES string of the molecule is CC(C)(C)OC(=O)NC(CCc1cncn1C(=O)OC(C)(C)C)C(=O)O. The molecule has 9 heteroatoms. The molecule has 1 atom stereocenters. The predicted octanol–water partition coefficient (Wildman–Crippen LogP) is 2.58. The number of aromatic nitrogens is 2. The number of rotatable bonds is 5. The molecule has 0 aliphatic rings. The zero-order chi connectivity index (χ0) is 20.1. The molecule has 1 heterocycles. The number of amides is 1. The first kappa shape index (κ1) is 21.5. The van der Waals surface area contributed by atoms with Crippen molar-refractivity contribution in [1.29, 1.82) is 0 Å². The molecule has 1 aromatic rings. The molecule has 0 aromatic carbocycles. The summed E-state index contributed by atoms with van der Waals surface area (Å²) in [5.74, 6) is -1.20. The van der Waals surface area contributed by atoms with Crippen molar-refractivity contribution in [2.24, 2.45) is 0 Å². The van der Waals surface area contributed by atoms with Crippen LogP contribution in [0.3, 0.4) is 0 Å². The van der Waals surface area contributed by atoms with Crippen LogP contribution in [0.25, 0.3) is 0 Å². The molecular weight excluding hydrogens is 342 g/mol. The Bertz CT molecular complexity index is 654. The molecule has 2 N–H and O–H groups in total. The van der Waals surface area contributed by atoms with Crippen LogP contribution in [0.15, 0.2) is 12.5 Å². The lowest BCUT2D eigenvalue weighted by Gasteiger charge is -2.22. The Morgan fingerprint density at radius 3 is 2.23 bits per heavy atom. The normalized spacial score (nSPS) is 13.0. The summed E-state index contributed by atoms with van der Waals surface area (Å²) in [6, 6.07) is -1.16. The first-order valence-corrected chi connectivity index (χ1v) is 8.25. The number of aryl methyl sites for hydroxylation is 1. The lowest BCUT2D eigenvalue weighted by Crippen LogP contribution is -2.43. The van der Waals surface area contributed by atoms with Crippen LogP contribution < -0.4 is 5.32 Å². The zero-order valence-corrected chi connectivity index (χ0v) is 16.0. The summed E-state index contributed by atoms with van der Waals surface area (Å²) in [5, 5.41) is 11.6. The lowest BCUT2D eigenvalue weighted by molar-refractivity contribution is -0.139. The van der Waals surface area contributed by atoms with Crippen molar-refractivity contribution in [1.82, 2.24) is 14.9 Å². The second-order valence-electron chi connectivity index (χ2n) is 7.81. The summed E-state index contributed by atoms with van der Waals surface area (Å²) in [5.41, 5.74) is -0.917. The number of ether oxygens (including phenoxy) is 2. The number of imidazole rings is 1. The van der Waals surface area contributed by atoms with Crippen molar-refractivity contribution in [3.05, 3.63) is 18.2 Å². The maximum Gasteiger partial charge on any atom is 0.420 e. The topological polar surface area (TPSA) is 120 Å². The molecule has 0 fully saturated rings. The molecule has 0 aliphatic carbocycles. The highest BCUT2D eigenvalue weighted by Gasteiger charge is 2.25. The fourth-order valence-electron chi connectivity index (χ4n) is 1.98. The predicted molar refractivity (Wildman–Crippen MR) is 93.0 cm³/mol. The molecule has 9 nitrogen and oxygen atoms in total. The first-order valence-electron chi connectivity index (χ1n) is 8.25. The fraction of sp³-hybridized carbons (Fsp3) is 0.647. The van der Waals surface area contributed by atoms with Crippen molar-refractivity contribution in [2.75, 3.05) is 0 Å². The maximum atomic E-state index is 12.1. The van der Waals surface area contributed by atoms with E-state index >= 15 is 0 Å². The summed E-state index contributed by atoms with van der Waals surface area (Å²) in [7, 11) is 0. The fourth-order valence-corrected chi connectivity index (χ4v) is 1.98. The molecule has 0 spiro atoms. The van der Waals surface area contributed by atoms with Crippen molar-refractivity contribution in [2.45, 2.75) is 71.6 Å². The minimum absolute atomic E-state index is 0.0586. The molecule has 0 saturated carbocycles. The Balaban J connectivity index is 2.74. The average molecular weight is 369 g/mol. The van der Waals surface area contributed by atoms with Crippen molar-refractivity contribution >= 4 is 18.2 Å². The van der Waals surface area contributed by atoms with Crippen LogP contribution in [0.5, 0.6) is 0 Å². The van der Waals surface area contributed by atoms with Gasteiger partial charge in [0.15, 0.2) is 0 Å². The molecule has 0 saturated heterocycles. The van der Waals surface area contributed by atoms with Crippen LogP contribution in [0.2, 0.25) is 0 Å². The van der Waals surface area contributed by atoms with Gasteiger partial charge in [-0.05, 0) is 54.4 Å². The summed E-state index contributed by atoms with van der Waals surface area (Å²) in [6.45, 7) is 10.3. The highest BCUT2D eigenvalue weighted by molar-refractivity contribution is 5.80. The van der Waals surface area contributed by atoms with Crippen LogP contribution in [-0.2, 0) is 20.7 Å². The second kappa shape index (κ2) is 8.20. The van der Waals surface area contributed by atoms with Gasteiger partial charge in [0.25, 0.3) is 0 Å². The van der Waals surface area contributed by atoms with E-state index in [-0.39, 0.29) is 12.8 Å². The quantitative estimate of drug-likeness (QED) is 0.818. The number of carbonyl (C=O) groups excluding carboxylic acids is 2. The number of nitrogens with zero attached hydrogens (tertiary/aromatic N) is 2. The van der Waals surface area contributed by atoms with Gasteiger partial charge in [0.05, 0.1) is 0 Å². The highest BCUT2D eigenvalue weighted by atomic mass is 16.6. The van der Waals surface area contributed by atoms with Crippen molar-refractivity contribution < 1.29 is 29.0 Å². The summed E-state index contributed by atoms with van der Waals surface area (Å²) in [4.78, 5) is 39.2. The van der Waals surface area contributed by atoms with Gasteiger partial charge in [0.2, 0.25) is 0 Å². The van der Waals surface area contributed by atoms with Crippen molar-refractivity contribution in [3.63, 3.8) is 0 Å². The molecule has 1 unspecified atom stereocenters. The molecule has 0 aliphatic heterocycles. The van der Waals surface area contributed by atoms with Gasteiger partial charge in [-0.25, -0.2) is 23.9 Å². The van der Waals surface area contributed by atoms with E-state index in [1.807, 2.05) is 0 Å². The Kier molecular flexibility index (Phi) is 6.77. The van der Waals surface area contributed by atoms with Crippen molar-refractivity contribution in [3.8, 4) is 0 Å². The molecule has 0 radical (unpaired) electrons. The van der Waals surface area contributed by atoms with E-state index in [1.165, 1.54) is 17.1 Å². The molecular formula is C17H27N3O6. The Morgan fingerprint density at radius 1 is 1.15 bits per heavy atom. The number of carboxylic acid groups (broad SMARTS) is 1. The van der Waals surface area contributed by atoms with Crippen LogP contribution in [-0.4, -0.2) is 50.1 Å². The second-order valence-corrected chi connectivity index (χ2v) is 7.81. The van der Waals surface area contributed by atoms with Crippen LogP contribution in [0.1, 0.15) is 53.7 Å². The number of alkyl carbamates (subject to hydrolysis) is 1. The Labute approximate surface area is 152 Å². The van der Waals surface area contributed by atoms with Crippen LogP contribution >= 0.6 is 0 Å². The number of nitrogens with one attached hydrogen (secondary N) is 1. The largest absolute Gasteiger partial charge is 0.480 e. The standard InChI is InChI=1S/C17H27N3O6/c1-16(2,3)25-14(23)19-12(13(21)22)8-7-11-9-18-10-20(11)15(24)26-17(4,5)6/h9-10,12H,7-8H2,1-6H3,(H,19,23)(H,21,22). The van der Waals surface area contributed by atoms with Crippen LogP contribution in [0, 0.1) is 0 Å². The number of carbonyl (C=O) groups is 3. The molecule has 26 heavy (non-hydrogen) atoms. The van der Waals surface area contributed by atoms with Gasteiger partial charge in [0.1, 0.15) is 23.6 Å². The van der Waals surface area contributed by atoms with Gasteiger partial charge in [0, 0.05) is 11.9 Å². The zero-order valence-electron chi connectivity index (χ0n) is 16.0. The average Bonchev–Trinajstić information content (AvgIpc) is 2.87. The van der Waals surface area contributed by atoms with E-state index in [9.17, 15) is 19.5 Å². The molecule has 1 rings (SSSR count). The Hall–Kier alpha value is -2.58. The summed E-state index contributed by atoms with van der Waals surface area (Å²) >= 11 is 0. The third-order valence-corrected chi connectivity index (χ3v) is 2.98. The summed E-state index contributed by atoms with van der Waals surface area (Å²) < 4.78 is 11.6. The van der Waals surface area contributed by atoms with E-state index in [1.54, 1.807) is 41.5 Å². The van der Waals surface area contributed by atoms with Gasteiger partial charge >= 0.3 is 18.2 Å². The van der Waals surface area contributed by atoms with E-state index in [0.29, 0.717) is 5.69 Å². The Morgan fingerprint density at radius 2 is 1.73 bits per heavy atom. The van der Waals surface area contributed by atoms with Gasteiger partial charge in [-0.3, -0.25) is 0 Å². The highest BCUT2D eigenvalue weighted by Crippen LogP contribution is 2.13. The van der Waals surface area contributed by atoms with Gasteiger partial charge < -0.3 is 19.9 Å². The summed E-state index contributed by atoms with van der Waals surface area (Å²) in [6.07, 6.45) is 1.61. The number of carboxylic acids is 1.